The zero-order valence-electron chi connectivity index (χ0n) is 5.88. The van der Waals surface area contributed by atoms with Crippen molar-refractivity contribution in [2.45, 2.75) is 25.7 Å². The van der Waals surface area contributed by atoms with Crippen molar-refractivity contribution in [3.05, 3.63) is 0 Å². The number of carboxylic acids is 1. The Bertz CT molecular complexity index is 153. The smallest absolute Gasteiger partial charge is 0.0451 e. The highest BCUT2D eigenvalue weighted by molar-refractivity contribution is 5.72. The lowest BCUT2D eigenvalue weighted by Gasteiger charge is -2.04. The van der Waals surface area contributed by atoms with E-state index in [1.807, 2.05) is 0 Å². The Hall–Kier alpha value is -0.530. The Morgan fingerprint density at radius 2 is 1.70 bits per heavy atom. The minimum atomic E-state index is -0.808. The largest absolute Gasteiger partial charge is 0.550 e. The lowest BCUT2D eigenvalue weighted by molar-refractivity contribution is -0.308. The van der Waals surface area contributed by atoms with Gasteiger partial charge in [-0.3, -0.25) is 0 Å². The Morgan fingerprint density at radius 1 is 1.20 bits per heavy atom. The molecule has 2 fully saturated rings. The van der Waals surface area contributed by atoms with E-state index in [4.69, 9.17) is 0 Å². The van der Waals surface area contributed by atoms with Crippen LogP contribution in [0.15, 0.2) is 0 Å². The summed E-state index contributed by atoms with van der Waals surface area (Å²) in [5.41, 5.74) is 0. The molecule has 0 amide bonds. The first-order valence-corrected chi connectivity index (χ1v) is 4.01. The number of rotatable bonds is 1. The molecule has 0 saturated heterocycles. The fourth-order valence-corrected chi connectivity index (χ4v) is 2.34. The maximum Gasteiger partial charge on any atom is 0.0451 e. The molecule has 2 heteroatoms. The van der Waals surface area contributed by atoms with Gasteiger partial charge < -0.3 is 9.90 Å². The average molecular weight is 139 g/mol. The fraction of sp³-hybridized carbons (Fsp3) is 0.875. The summed E-state index contributed by atoms with van der Waals surface area (Å²) in [6.45, 7) is 0. The Labute approximate surface area is 60.2 Å². The highest BCUT2D eigenvalue weighted by Crippen LogP contribution is 2.54. The summed E-state index contributed by atoms with van der Waals surface area (Å²) in [5.74, 6) is 0.122. The molecular formula is C8H11O2-. The van der Waals surface area contributed by atoms with Crippen LogP contribution in [0.5, 0.6) is 0 Å². The van der Waals surface area contributed by atoms with Gasteiger partial charge >= 0.3 is 0 Å². The van der Waals surface area contributed by atoms with Crippen molar-refractivity contribution in [3.63, 3.8) is 0 Å². The number of carboxylic acid groups (broad SMARTS) is 1. The van der Waals surface area contributed by atoms with E-state index in [0.29, 0.717) is 11.8 Å². The van der Waals surface area contributed by atoms with Gasteiger partial charge in [0.1, 0.15) is 0 Å². The molecule has 3 atom stereocenters. The van der Waals surface area contributed by atoms with Gasteiger partial charge in [0.05, 0.1) is 0 Å². The molecule has 0 heterocycles. The molecule has 2 aliphatic carbocycles. The molecule has 2 saturated carbocycles. The van der Waals surface area contributed by atoms with Crippen LogP contribution in [0.3, 0.4) is 0 Å². The topological polar surface area (TPSA) is 40.1 Å². The van der Waals surface area contributed by atoms with Crippen molar-refractivity contribution < 1.29 is 9.90 Å². The number of aliphatic carboxylic acids is 1. The van der Waals surface area contributed by atoms with Crippen molar-refractivity contribution in [2.75, 3.05) is 0 Å². The summed E-state index contributed by atoms with van der Waals surface area (Å²) in [4.78, 5) is 10.4. The van der Waals surface area contributed by atoms with Crippen LogP contribution in [0, 0.1) is 17.8 Å². The second-order valence-electron chi connectivity index (χ2n) is 3.46. The first-order chi connectivity index (χ1) is 4.80. The molecule has 1 unspecified atom stereocenters. The molecule has 0 aromatic carbocycles. The van der Waals surface area contributed by atoms with E-state index in [1.54, 1.807) is 0 Å². The first-order valence-electron chi connectivity index (χ1n) is 4.01. The van der Waals surface area contributed by atoms with E-state index in [1.165, 1.54) is 12.8 Å². The average Bonchev–Trinajstić information content (AvgIpc) is 2.60. The zero-order valence-corrected chi connectivity index (χ0v) is 5.88. The third-order valence-electron chi connectivity index (χ3n) is 2.93. The lowest BCUT2D eigenvalue weighted by atomic mass is 10.0. The summed E-state index contributed by atoms with van der Waals surface area (Å²) in [5, 5.41) is 10.4. The summed E-state index contributed by atoms with van der Waals surface area (Å²) >= 11 is 0. The van der Waals surface area contributed by atoms with Crippen molar-refractivity contribution >= 4 is 5.97 Å². The molecule has 2 aliphatic rings. The molecule has 10 heavy (non-hydrogen) atoms. The van der Waals surface area contributed by atoms with E-state index in [9.17, 15) is 9.90 Å². The van der Waals surface area contributed by atoms with E-state index < -0.39 is 5.97 Å². The summed E-state index contributed by atoms with van der Waals surface area (Å²) in [6.07, 6.45) is 4.71. The molecule has 0 bridgehead atoms. The molecule has 0 radical (unpaired) electrons. The maximum atomic E-state index is 10.4. The molecule has 0 aromatic heterocycles. The van der Waals surface area contributed by atoms with Crippen LogP contribution in [0.1, 0.15) is 25.7 Å². The van der Waals surface area contributed by atoms with Gasteiger partial charge in [0.2, 0.25) is 0 Å². The molecule has 56 valence electrons. The number of carbonyl (C=O) groups excluding carboxylic acids is 1. The lowest BCUT2D eigenvalue weighted by Crippen LogP contribution is -2.25. The van der Waals surface area contributed by atoms with Crippen molar-refractivity contribution in [1.29, 1.82) is 0 Å². The van der Waals surface area contributed by atoms with Gasteiger partial charge in [-0.15, -0.1) is 0 Å². The second kappa shape index (κ2) is 1.97. The van der Waals surface area contributed by atoms with Crippen molar-refractivity contribution in [3.8, 4) is 0 Å². The van der Waals surface area contributed by atoms with Crippen LogP contribution in [0.25, 0.3) is 0 Å². The minimum Gasteiger partial charge on any atom is -0.550 e. The van der Waals surface area contributed by atoms with Crippen LogP contribution in [0.4, 0.5) is 0 Å². The summed E-state index contributed by atoms with van der Waals surface area (Å²) in [6, 6.07) is 0. The third-order valence-corrected chi connectivity index (χ3v) is 2.93. The van der Waals surface area contributed by atoms with Gasteiger partial charge in [-0.05, 0) is 24.7 Å². The molecular weight excluding hydrogens is 128 g/mol. The number of hydrogen-bond acceptors (Lipinski definition) is 2. The van der Waals surface area contributed by atoms with Gasteiger partial charge in [-0.2, -0.15) is 0 Å². The van der Waals surface area contributed by atoms with Crippen LogP contribution < -0.4 is 5.11 Å². The highest BCUT2D eigenvalue weighted by Gasteiger charge is 2.51. The maximum absolute atomic E-state index is 10.4. The Balaban J connectivity index is 1.99. The van der Waals surface area contributed by atoms with Crippen molar-refractivity contribution in [1.82, 2.24) is 0 Å². The van der Waals surface area contributed by atoms with Crippen LogP contribution in [0.2, 0.25) is 0 Å². The monoisotopic (exact) mass is 139 g/mol. The van der Waals surface area contributed by atoms with E-state index >= 15 is 0 Å². The highest BCUT2D eigenvalue weighted by atomic mass is 16.4. The molecule has 0 N–H and O–H groups in total. The van der Waals surface area contributed by atoms with Gasteiger partial charge in [-0.1, -0.05) is 12.8 Å². The van der Waals surface area contributed by atoms with Gasteiger partial charge in [0.25, 0.3) is 0 Å². The van der Waals surface area contributed by atoms with Crippen LogP contribution >= 0.6 is 0 Å². The van der Waals surface area contributed by atoms with E-state index in [2.05, 4.69) is 0 Å². The summed E-state index contributed by atoms with van der Waals surface area (Å²) < 4.78 is 0. The van der Waals surface area contributed by atoms with Crippen LogP contribution in [-0.4, -0.2) is 5.97 Å². The quantitative estimate of drug-likeness (QED) is 0.519. The van der Waals surface area contributed by atoms with Crippen molar-refractivity contribution in [2.24, 2.45) is 17.8 Å². The van der Waals surface area contributed by atoms with Gasteiger partial charge in [0.15, 0.2) is 0 Å². The van der Waals surface area contributed by atoms with E-state index in [-0.39, 0.29) is 5.92 Å². The first kappa shape index (κ1) is 6.20. The molecule has 0 aliphatic heterocycles. The van der Waals surface area contributed by atoms with E-state index in [0.717, 1.165) is 12.8 Å². The molecule has 2 nitrogen and oxygen atoms in total. The predicted octanol–water partition coefficient (Wildman–Crippen LogP) is 0.172. The zero-order chi connectivity index (χ0) is 7.14. The Morgan fingerprint density at radius 3 is 2.10 bits per heavy atom. The number of fused-ring (bicyclic) bond motifs is 1. The predicted molar refractivity (Wildman–Crippen MR) is 33.9 cm³/mol. The molecule has 0 spiro atoms. The Kier molecular flexibility index (Phi) is 1.22. The fourth-order valence-electron chi connectivity index (χ4n) is 2.34. The minimum absolute atomic E-state index is 0.0671. The third kappa shape index (κ3) is 0.746. The molecule has 2 rings (SSSR count). The molecule has 0 aromatic rings. The van der Waals surface area contributed by atoms with Gasteiger partial charge in [-0.25, -0.2) is 0 Å². The standard InChI is InChI=1S/C8H12O2/c9-8(10)7-5-3-1-2-4-6(5)7/h5-7H,1-4H2,(H,9,10)/p-1/t5-,6+,7?. The van der Waals surface area contributed by atoms with Gasteiger partial charge in [0, 0.05) is 11.9 Å². The SMILES string of the molecule is O=C([O-])C1[C@H]2CCCC[C@@H]12. The number of hydrogen-bond donors (Lipinski definition) is 0. The normalized spacial score (nSPS) is 44.2. The van der Waals surface area contributed by atoms with Crippen LogP contribution in [-0.2, 0) is 4.79 Å². The summed E-state index contributed by atoms with van der Waals surface area (Å²) in [7, 11) is 0. The number of carbonyl (C=O) groups is 1. The second-order valence-corrected chi connectivity index (χ2v) is 3.46.